The number of rotatable bonds is 8. The normalized spacial score (nSPS) is 10.2. The molecule has 0 aliphatic carbocycles. The van der Waals surface area contributed by atoms with Crippen LogP contribution in [0.25, 0.3) is 0 Å². The van der Waals surface area contributed by atoms with Crippen LogP contribution in [0.15, 0.2) is 54.6 Å². The standard InChI is InChI=1S/C19H21NO2/c21-15-5-4-8-17-9-12-18(13-10-17)20-19(22)14-11-16-6-2-1-3-7-16/h1-3,6-7,9-10,12-13,15H,4-5,8,11,14H2,(H,20,22). The van der Waals surface area contributed by atoms with Gasteiger partial charge < -0.3 is 10.1 Å². The Kier molecular flexibility index (Phi) is 6.37. The number of amides is 1. The molecule has 0 bridgehead atoms. The number of nitrogens with one attached hydrogen (secondary N) is 1. The molecule has 0 spiro atoms. The van der Waals surface area contributed by atoms with Crippen LogP contribution in [0.3, 0.4) is 0 Å². The average molecular weight is 295 g/mol. The Morgan fingerprint density at radius 3 is 2.27 bits per heavy atom. The third-order valence-corrected chi connectivity index (χ3v) is 3.51. The van der Waals surface area contributed by atoms with Gasteiger partial charge in [-0.2, -0.15) is 0 Å². The molecule has 1 amide bonds. The van der Waals surface area contributed by atoms with Crippen molar-refractivity contribution < 1.29 is 9.59 Å². The maximum Gasteiger partial charge on any atom is 0.224 e. The second-order valence-corrected chi connectivity index (χ2v) is 5.29. The van der Waals surface area contributed by atoms with Crippen LogP contribution in [0.4, 0.5) is 5.69 Å². The Balaban J connectivity index is 1.77. The Morgan fingerprint density at radius 2 is 1.59 bits per heavy atom. The summed E-state index contributed by atoms with van der Waals surface area (Å²) >= 11 is 0. The lowest BCUT2D eigenvalue weighted by Crippen LogP contribution is -2.12. The Labute approximate surface area is 131 Å². The second kappa shape index (κ2) is 8.78. The van der Waals surface area contributed by atoms with E-state index >= 15 is 0 Å². The monoisotopic (exact) mass is 295 g/mol. The molecule has 0 fully saturated rings. The molecule has 0 unspecified atom stereocenters. The summed E-state index contributed by atoms with van der Waals surface area (Å²) in [5.41, 5.74) is 3.17. The fraction of sp³-hybridized carbons (Fsp3) is 0.263. The summed E-state index contributed by atoms with van der Waals surface area (Å²) in [6, 6.07) is 17.8. The lowest BCUT2D eigenvalue weighted by atomic mass is 10.1. The smallest absolute Gasteiger partial charge is 0.224 e. The van der Waals surface area contributed by atoms with Crippen molar-refractivity contribution in [3.05, 3.63) is 65.7 Å². The molecule has 3 nitrogen and oxygen atoms in total. The highest BCUT2D eigenvalue weighted by Crippen LogP contribution is 2.12. The van der Waals surface area contributed by atoms with E-state index in [4.69, 9.17) is 0 Å². The Morgan fingerprint density at radius 1 is 0.909 bits per heavy atom. The number of unbranched alkanes of at least 4 members (excludes halogenated alkanes) is 1. The van der Waals surface area contributed by atoms with Crippen molar-refractivity contribution >= 4 is 17.9 Å². The van der Waals surface area contributed by atoms with Gasteiger partial charge in [0.05, 0.1) is 0 Å². The maximum atomic E-state index is 11.9. The van der Waals surface area contributed by atoms with Crippen LogP contribution in [0.5, 0.6) is 0 Å². The third kappa shape index (κ3) is 5.52. The van der Waals surface area contributed by atoms with Crippen LogP contribution in [0.1, 0.15) is 30.4 Å². The first kappa shape index (κ1) is 16.0. The number of carbonyl (C=O) groups excluding carboxylic acids is 2. The van der Waals surface area contributed by atoms with E-state index in [-0.39, 0.29) is 5.91 Å². The van der Waals surface area contributed by atoms with Gasteiger partial charge in [0.15, 0.2) is 0 Å². The number of aryl methyl sites for hydroxylation is 2. The summed E-state index contributed by atoms with van der Waals surface area (Å²) in [7, 11) is 0. The van der Waals surface area contributed by atoms with Crippen LogP contribution < -0.4 is 5.32 Å². The van der Waals surface area contributed by atoms with Crippen LogP contribution in [0, 0.1) is 0 Å². The van der Waals surface area contributed by atoms with Gasteiger partial charge >= 0.3 is 0 Å². The van der Waals surface area contributed by atoms with Crippen molar-refractivity contribution in [1.82, 2.24) is 0 Å². The molecular weight excluding hydrogens is 274 g/mol. The molecular formula is C19H21NO2. The molecule has 2 aromatic rings. The van der Waals surface area contributed by atoms with Gasteiger partial charge in [-0.25, -0.2) is 0 Å². The van der Waals surface area contributed by atoms with E-state index in [9.17, 15) is 9.59 Å². The summed E-state index contributed by atoms with van der Waals surface area (Å²) in [4.78, 5) is 22.2. The summed E-state index contributed by atoms with van der Waals surface area (Å²) in [6.07, 6.45) is 4.52. The number of hydrogen-bond donors (Lipinski definition) is 1. The van der Waals surface area contributed by atoms with Gasteiger partial charge in [-0.1, -0.05) is 42.5 Å². The molecule has 1 N–H and O–H groups in total. The fourth-order valence-electron chi connectivity index (χ4n) is 2.27. The van der Waals surface area contributed by atoms with Crippen molar-refractivity contribution in [1.29, 1.82) is 0 Å². The highest BCUT2D eigenvalue weighted by Gasteiger charge is 2.03. The minimum absolute atomic E-state index is 0.0255. The van der Waals surface area contributed by atoms with Gasteiger partial charge in [0.1, 0.15) is 6.29 Å². The van der Waals surface area contributed by atoms with Crippen molar-refractivity contribution in [2.75, 3.05) is 5.32 Å². The molecule has 2 rings (SSSR count). The van der Waals surface area contributed by atoms with Crippen molar-refractivity contribution in [3.63, 3.8) is 0 Å². The Hall–Kier alpha value is -2.42. The molecule has 0 radical (unpaired) electrons. The van der Waals surface area contributed by atoms with E-state index in [0.717, 1.165) is 31.2 Å². The molecule has 0 saturated heterocycles. The van der Waals surface area contributed by atoms with E-state index < -0.39 is 0 Å². The van der Waals surface area contributed by atoms with Crippen molar-refractivity contribution in [2.45, 2.75) is 32.1 Å². The number of hydrogen-bond acceptors (Lipinski definition) is 2. The highest BCUT2D eigenvalue weighted by atomic mass is 16.1. The highest BCUT2D eigenvalue weighted by molar-refractivity contribution is 5.90. The first-order valence-corrected chi connectivity index (χ1v) is 7.64. The quantitative estimate of drug-likeness (QED) is 0.595. The van der Waals surface area contributed by atoms with Gasteiger partial charge in [-0.15, -0.1) is 0 Å². The fourth-order valence-corrected chi connectivity index (χ4v) is 2.27. The molecule has 2 aromatic carbocycles. The number of benzene rings is 2. The molecule has 0 aliphatic heterocycles. The van der Waals surface area contributed by atoms with Crippen LogP contribution in [-0.2, 0) is 22.4 Å². The van der Waals surface area contributed by atoms with E-state index in [1.165, 1.54) is 11.1 Å². The minimum atomic E-state index is 0.0255. The Bertz CT molecular complexity index is 591. The summed E-state index contributed by atoms with van der Waals surface area (Å²) in [5, 5.41) is 2.91. The first-order chi connectivity index (χ1) is 10.8. The first-order valence-electron chi connectivity index (χ1n) is 7.64. The van der Waals surface area contributed by atoms with E-state index in [2.05, 4.69) is 5.32 Å². The minimum Gasteiger partial charge on any atom is -0.326 e. The average Bonchev–Trinajstić information content (AvgIpc) is 2.56. The van der Waals surface area contributed by atoms with Gasteiger partial charge in [0, 0.05) is 18.5 Å². The molecule has 0 atom stereocenters. The zero-order valence-corrected chi connectivity index (χ0v) is 12.6. The van der Waals surface area contributed by atoms with Crippen molar-refractivity contribution in [2.24, 2.45) is 0 Å². The lowest BCUT2D eigenvalue weighted by Gasteiger charge is -2.06. The predicted molar refractivity (Wildman–Crippen MR) is 88.8 cm³/mol. The van der Waals surface area contributed by atoms with E-state index in [1.807, 2.05) is 54.6 Å². The van der Waals surface area contributed by atoms with Gasteiger partial charge in [0.2, 0.25) is 5.91 Å². The SMILES string of the molecule is O=CCCCc1ccc(NC(=O)CCc2ccccc2)cc1. The molecule has 3 heteroatoms. The second-order valence-electron chi connectivity index (χ2n) is 5.29. The van der Waals surface area contributed by atoms with Gasteiger partial charge in [0.25, 0.3) is 0 Å². The molecule has 0 aliphatic rings. The van der Waals surface area contributed by atoms with E-state index in [0.29, 0.717) is 12.8 Å². The number of aldehydes is 1. The molecule has 22 heavy (non-hydrogen) atoms. The zero-order chi connectivity index (χ0) is 15.6. The van der Waals surface area contributed by atoms with Gasteiger partial charge in [-0.05, 0) is 42.5 Å². The molecule has 0 aromatic heterocycles. The largest absolute Gasteiger partial charge is 0.326 e. The van der Waals surface area contributed by atoms with Crippen LogP contribution >= 0.6 is 0 Å². The summed E-state index contributed by atoms with van der Waals surface area (Å²) in [5.74, 6) is 0.0255. The zero-order valence-electron chi connectivity index (χ0n) is 12.6. The molecule has 0 heterocycles. The lowest BCUT2D eigenvalue weighted by molar-refractivity contribution is -0.116. The molecule has 114 valence electrons. The van der Waals surface area contributed by atoms with Crippen molar-refractivity contribution in [3.8, 4) is 0 Å². The summed E-state index contributed by atoms with van der Waals surface area (Å²) < 4.78 is 0. The third-order valence-electron chi connectivity index (χ3n) is 3.51. The number of anilines is 1. The number of carbonyl (C=O) groups is 2. The van der Waals surface area contributed by atoms with E-state index in [1.54, 1.807) is 0 Å². The maximum absolute atomic E-state index is 11.9. The van der Waals surface area contributed by atoms with Crippen LogP contribution in [0.2, 0.25) is 0 Å². The van der Waals surface area contributed by atoms with Crippen LogP contribution in [-0.4, -0.2) is 12.2 Å². The topological polar surface area (TPSA) is 46.2 Å². The molecule has 0 saturated carbocycles. The predicted octanol–water partition coefficient (Wildman–Crippen LogP) is 3.78. The summed E-state index contributed by atoms with van der Waals surface area (Å²) in [6.45, 7) is 0. The van der Waals surface area contributed by atoms with Gasteiger partial charge in [-0.3, -0.25) is 4.79 Å².